The van der Waals surface area contributed by atoms with Crippen LogP contribution in [0.1, 0.15) is 18.1 Å². The lowest BCUT2D eigenvalue weighted by Crippen LogP contribution is -2.48. The van der Waals surface area contributed by atoms with Crippen LogP contribution in [0.15, 0.2) is 53.5 Å². The number of aryl methyl sites for hydroxylation is 1. The maximum atomic E-state index is 6.17. The third-order valence-corrected chi connectivity index (χ3v) is 4.31. The second-order valence-corrected chi connectivity index (χ2v) is 6.02. The maximum absolute atomic E-state index is 6.17. The van der Waals surface area contributed by atoms with Crippen molar-refractivity contribution in [2.24, 2.45) is 10.7 Å². The molecule has 0 aliphatic carbocycles. The summed E-state index contributed by atoms with van der Waals surface area (Å²) in [6, 6.07) is 16.1. The van der Waals surface area contributed by atoms with Gasteiger partial charge in [-0.05, 0) is 43.2 Å². The Morgan fingerprint density at radius 2 is 1.95 bits per heavy atom. The molecular weight excluding hydrogens is 282 g/mol. The van der Waals surface area contributed by atoms with Crippen molar-refractivity contribution in [3.63, 3.8) is 0 Å². The average Bonchev–Trinajstić information content (AvgIpc) is 2.77. The quantitative estimate of drug-likeness (QED) is 0.918. The van der Waals surface area contributed by atoms with Gasteiger partial charge in [-0.15, -0.1) is 0 Å². The van der Waals surface area contributed by atoms with Crippen LogP contribution >= 0.6 is 11.6 Å². The van der Waals surface area contributed by atoms with Crippen LogP contribution < -0.4 is 10.6 Å². The van der Waals surface area contributed by atoms with Gasteiger partial charge in [-0.2, -0.15) is 0 Å². The Morgan fingerprint density at radius 1 is 1.19 bits per heavy atom. The highest BCUT2D eigenvalue weighted by molar-refractivity contribution is 6.30. The Morgan fingerprint density at radius 3 is 2.67 bits per heavy atom. The smallest absolute Gasteiger partial charge is 0.196 e. The topological polar surface area (TPSA) is 41.6 Å². The molecule has 4 heteroatoms. The second kappa shape index (κ2) is 5.08. The van der Waals surface area contributed by atoms with Crippen LogP contribution in [0.3, 0.4) is 0 Å². The Kier molecular flexibility index (Phi) is 3.38. The zero-order valence-electron chi connectivity index (χ0n) is 12.2. The van der Waals surface area contributed by atoms with Gasteiger partial charge in [0.05, 0.1) is 12.1 Å². The number of nitrogens with zero attached hydrogens (tertiary/aromatic N) is 2. The van der Waals surface area contributed by atoms with Crippen LogP contribution in [0, 0.1) is 6.92 Å². The molecule has 2 N–H and O–H groups in total. The molecule has 0 spiro atoms. The lowest BCUT2D eigenvalue weighted by molar-refractivity contribution is 0.532. The second-order valence-electron chi connectivity index (χ2n) is 5.58. The number of rotatable bonds is 2. The molecule has 21 heavy (non-hydrogen) atoms. The van der Waals surface area contributed by atoms with E-state index in [-0.39, 0.29) is 5.54 Å². The summed E-state index contributed by atoms with van der Waals surface area (Å²) in [5.74, 6) is 0.548. The molecule has 3 rings (SSSR count). The summed E-state index contributed by atoms with van der Waals surface area (Å²) in [7, 11) is 0. The van der Waals surface area contributed by atoms with Crippen LogP contribution in [-0.4, -0.2) is 12.5 Å². The number of aliphatic imine (C=N–C) groups is 1. The molecule has 1 atom stereocenters. The third-order valence-electron chi connectivity index (χ3n) is 4.07. The van der Waals surface area contributed by atoms with Gasteiger partial charge in [0.15, 0.2) is 5.96 Å². The number of hydrogen-bond donors (Lipinski definition) is 1. The number of halogens is 1. The minimum absolute atomic E-state index is 0.318. The molecule has 0 bridgehead atoms. The summed E-state index contributed by atoms with van der Waals surface area (Å²) in [4.78, 5) is 6.58. The average molecular weight is 300 g/mol. The van der Waals surface area contributed by atoms with Gasteiger partial charge in [-0.3, -0.25) is 4.99 Å². The molecule has 0 saturated carbocycles. The van der Waals surface area contributed by atoms with Gasteiger partial charge in [0.1, 0.15) is 0 Å². The van der Waals surface area contributed by atoms with E-state index in [1.807, 2.05) is 30.3 Å². The third kappa shape index (κ3) is 2.28. The molecule has 2 aromatic carbocycles. The van der Waals surface area contributed by atoms with Crippen LogP contribution in [0.4, 0.5) is 5.69 Å². The van der Waals surface area contributed by atoms with E-state index in [9.17, 15) is 0 Å². The zero-order valence-corrected chi connectivity index (χ0v) is 12.9. The molecule has 0 saturated heterocycles. The fraction of sp³-hybridized carbons (Fsp3) is 0.235. The standard InChI is InChI=1S/C17H18ClN3/c1-12-6-3-4-9-15(12)21-16(19)20-11-17(21,2)13-7-5-8-14(18)10-13/h3-10H,11H2,1-2H3,(H2,19,20). The summed E-state index contributed by atoms with van der Waals surface area (Å²) < 4.78 is 0. The molecule has 0 aromatic heterocycles. The summed E-state index contributed by atoms with van der Waals surface area (Å²) in [5, 5.41) is 0.726. The minimum atomic E-state index is -0.318. The van der Waals surface area contributed by atoms with E-state index in [0.29, 0.717) is 12.5 Å². The van der Waals surface area contributed by atoms with E-state index < -0.39 is 0 Å². The molecule has 2 aromatic rings. The molecule has 108 valence electrons. The van der Waals surface area contributed by atoms with Gasteiger partial charge >= 0.3 is 0 Å². The van der Waals surface area contributed by atoms with Crippen molar-refractivity contribution in [1.29, 1.82) is 0 Å². The number of para-hydroxylation sites is 1. The molecule has 3 nitrogen and oxygen atoms in total. The van der Waals surface area contributed by atoms with E-state index in [2.05, 4.69) is 41.9 Å². The summed E-state index contributed by atoms with van der Waals surface area (Å²) >= 11 is 6.16. The van der Waals surface area contributed by atoms with E-state index in [4.69, 9.17) is 17.3 Å². The highest BCUT2D eigenvalue weighted by Gasteiger charge is 2.41. The van der Waals surface area contributed by atoms with E-state index >= 15 is 0 Å². The highest BCUT2D eigenvalue weighted by Crippen LogP contribution is 2.38. The largest absolute Gasteiger partial charge is 0.369 e. The van der Waals surface area contributed by atoms with E-state index in [1.54, 1.807) is 0 Å². The first-order chi connectivity index (χ1) is 10.0. The van der Waals surface area contributed by atoms with Gasteiger partial charge in [0, 0.05) is 10.7 Å². The van der Waals surface area contributed by atoms with Crippen LogP contribution in [0.2, 0.25) is 5.02 Å². The predicted octanol–water partition coefficient (Wildman–Crippen LogP) is 3.70. The van der Waals surface area contributed by atoms with E-state index in [1.165, 1.54) is 5.56 Å². The molecule has 1 aliphatic heterocycles. The van der Waals surface area contributed by atoms with Crippen LogP contribution in [0.25, 0.3) is 0 Å². The van der Waals surface area contributed by atoms with Gasteiger partial charge in [-0.1, -0.05) is 41.9 Å². The van der Waals surface area contributed by atoms with Crippen molar-refractivity contribution in [2.45, 2.75) is 19.4 Å². The Balaban J connectivity index is 2.13. The van der Waals surface area contributed by atoms with Crippen molar-refractivity contribution in [1.82, 2.24) is 0 Å². The fourth-order valence-corrected chi connectivity index (χ4v) is 3.07. The summed E-state index contributed by atoms with van der Waals surface area (Å²) in [6.07, 6.45) is 0. The SMILES string of the molecule is Cc1ccccc1N1C(N)=NCC1(C)c1cccc(Cl)c1. The number of anilines is 1. The number of nitrogens with two attached hydrogens (primary N) is 1. The Hall–Kier alpha value is -2.00. The van der Waals surface area contributed by atoms with Crippen LogP contribution in [-0.2, 0) is 5.54 Å². The Labute approximate surface area is 130 Å². The molecule has 0 radical (unpaired) electrons. The van der Waals surface area contributed by atoms with Crippen molar-refractivity contribution in [2.75, 3.05) is 11.4 Å². The lowest BCUT2D eigenvalue weighted by atomic mass is 9.90. The number of hydrogen-bond acceptors (Lipinski definition) is 3. The summed E-state index contributed by atoms with van der Waals surface area (Å²) in [5.41, 5.74) is 9.22. The van der Waals surface area contributed by atoms with Crippen molar-refractivity contribution < 1.29 is 0 Å². The van der Waals surface area contributed by atoms with Gasteiger partial charge in [0.2, 0.25) is 0 Å². The first kappa shape index (κ1) is 14.0. The number of benzene rings is 2. The molecule has 1 aliphatic rings. The highest BCUT2D eigenvalue weighted by atomic mass is 35.5. The molecular formula is C17H18ClN3. The van der Waals surface area contributed by atoms with E-state index in [0.717, 1.165) is 16.3 Å². The van der Waals surface area contributed by atoms with Gasteiger partial charge < -0.3 is 10.6 Å². The Bertz CT molecular complexity index is 711. The minimum Gasteiger partial charge on any atom is -0.369 e. The number of guanidine groups is 1. The lowest BCUT2D eigenvalue weighted by Gasteiger charge is -2.37. The molecule has 0 fully saturated rings. The molecule has 0 amide bonds. The van der Waals surface area contributed by atoms with Crippen molar-refractivity contribution in [3.8, 4) is 0 Å². The molecule has 1 unspecified atom stereocenters. The summed E-state index contributed by atoms with van der Waals surface area (Å²) in [6.45, 7) is 4.85. The van der Waals surface area contributed by atoms with Gasteiger partial charge in [0.25, 0.3) is 0 Å². The first-order valence-electron chi connectivity index (χ1n) is 6.94. The monoisotopic (exact) mass is 299 g/mol. The first-order valence-corrected chi connectivity index (χ1v) is 7.32. The normalized spacial score (nSPS) is 21.5. The maximum Gasteiger partial charge on any atom is 0.196 e. The van der Waals surface area contributed by atoms with Gasteiger partial charge in [-0.25, -0.2) is 0 Å². The van der Waals surface area contributed by atoms with Crippen molar-refractivity contribution in [3.05, 3.63) is 64.7 Å². The van der Waals surface area contributed by atoms with Crippen LogP contribution in [0.5, 0.6) is 0 Å². The fourth-order valence-electron chi connectivity index (χ4n) is 2.88. The van der Waals surface area contributed by atoms with Crippen molar-refractivity contribution >= 4 is 23.2 Å². The zero-order chi connectivity index (χ0) is 15.0. The molecule has 1 heterocycles. The predicted molar refractivity (Wildman–Crippen MR) is 89.0 cm³/mol.